The zero-order chi connectivity index (χ0) is 29.7. The number of anilines is 1. The third kappa shape index (κ3) is 7.38. The van der Waals surface area contributed by atoms with E-state index in [1.807, 2.05) is 11.4 Å². The van der Waals surface area contributed by atoms with Crippen LogP contribution >= 0.6 is 11.3 Å². The Bertz CT molecular complexity index is 1390. The van der Waals surface area contributed by atoms with Crippen molar-refractivity contribution in [3.63, 3.8) is 0 Å². The van der Waals surface area contributed by atoms with Crippen LogP contribution < -0.4 is 4.90 Å². The van der Waals surface area contributed by atoms with Gasteiger partial charge >= 0.3 is 6.09 Å². The summed E-state index contributed by atoms with van der Waals surface area (Å²) in [5.41, 5.74) is 0.116. The van der Waals surface area contributed by atoms with Crippen molar-refractivity contribution in [1.82, 2.24) is 0 Å². The molecule has 9 nitrogen and oxygen atoms in total. The molecule has 2 bridgehead atoms. The number of Topliss-reactive ketones (excluding diaryl/α,β-unsaturated/α-hetero) is 1. The van der Waals surface area contributed by atoms with Crippen LogP contribution in [0.25, 0.3) is 0 Å². The molecule has 218 valence electrons. The van der Waals surface area contributed by atoms with Crippen molar-refractivity contribution < 1.29 is 41.5 Å². The maximum atomic E-state index is 14.0. The highest BCUT2D eigenvalue weighted by Crippen LogP contribution is 2.36. The number of quaternary nitrogens is 1. The Balaban J connectivity index is 0.000000909. The van der Waals surface area contributed by atoms with Crippen molar-refractivity contribution in [3.8, 4) is 0 Å². The monoisotopic (exact) mass is 595 g/mol. The van der Waals surface area contributed by atoms with Crippen LogP contribution in [0.3, 0.4) is 0 Å². The zero-order valence-corrected chi connectivity index (χ0v) is 22.3. The molecule has 0 aliphatic carbocycles. The number of thiophene rings is 1. The van der Waals surface area contributed by atoms with E-state index in [1.165, 1.54) is 29.5 Å². The Morgan fingerprint density at radius 1 is 1.02 bits per heavy atom. The molecule has 3 aromatic rings. The summed E-state index contributed by atoms with van der Waals surface area (Å²) in [6, 6.07) is 10.4. The summed E-state index contributed by atoms with van der Waals surface area (Å²) < 4.78 is 61.6. The van der Waals surface area contributed by atoms with Gasteiger partial charge in [0.25, 0.3) is 0 Å². The van der Waals surface area contributed by atoms with E-state index < -0.39 is 40.6 Å². The van der Waals surface area contributed by atoms with Crippen LogP contribution in [0.5, 0.6) is 0 Å². The van der Waals surface area contributed by atoms with E-state index >= 15 is 0 Å². The van der Waals surface area contributed by atoms with Gasteiger partial charge < -0.3 is 24.5 Å². The van der Waals surface area contributed by atoms with E-state index in [2.05, 4.69) is 0 Å². The number of carbonyl (C=O) groups is 2. The third-order valence-electron chi connectivity index (χ3n) is 7.29. The Morgan fingerprint density at radius 2 is 1.68 bits per heavy atom. The molecule has 3 saturated heterocycles. The van der Waals surface area contributed by atoms with Crippen LogP contribution in [0.1, 0.15) is 28.1 Å². The summed E-state index contributed by atoms with van der Waals surface area (Å²) in [6.07, 6.45) is 0.315. The van der Waals surface area contributed by atoms with Crippen LogP contribution in [-0.4, -0.2) is 53.7 Å². The molecule has 1 amide bonds. The van der Waals surface area contributed by atoms with Crippen molar-refractivity contribution in [2.45, 2.75) is 25.5 Å². The summed E-state index contributed by atoms with van der Waals surface area (Å²) in [5.74, 6) is -4.81. The second-order valence-electron chi connectivity index (χ2n) is 9.95. The number of amides is 1. The average molecular weight is 596 g/mol. The number of fused-ring (bicyclic) bond motifs is 3. The maximum Gasteiger partial charge on any atom is 0.415 e. The molecule has 3 fully saturated rings. The van der Waals surface area contributed by atoms with Crippen molar-refractivity contribution >= 4 is 28.9 Å². The van der Waals surface area contributed by atoms with Gasteiger partial charge in [-0.3, -0.25) is 9.69 Å². The van der Waals surface area contributed by atoms with Crippen molar-refractivity contribution in [2.24, 2.45) is 5.92 Å². The molecule has 0 saturated carbocycles. The normalized spacial score (nSPS) is 21.0. The SMILES string of the molecule is O=C(C[N+]12CCC(CC1)C(OC(=O)N(Cc1cc(F)c(F)c(F)c1)c1cccc(F)c1)C2)c1cccs1.O=[N+]([O-])[O-]. The molecule has 3 aliphatic heterocycles. The van der Waals surface area contributed by atoms with Gasteiger partial charge in [-0.05, 0) is 47.3 Å². The van der Waals surface area contributed by atoms with Crippen LogP contribution in [-0.2, 0) is 11.3 Å². The highest BCUT2D eigenvalue weighted by molar-refractivity contribution is 7.12. The van der Waals surface area contributed by atoms with Gasteiger partial charge in [0.15, 0.2) is 23.6 Å². The third-order valence-corrected chi connectivity index (χ3v) is 8.20. The van der Waals surface area contributed by atoms with E-state index in [4.69, 9.17) is 20.1 Å². The van der Waals surface area contributed by atoms with Crippen LogP contribution in [0.2, 0.25) is 0 Å². The highest BCUT2D eigenvalue weighted by Gasteiger charge is 2.49. The van der Waals surface area contributed by atoms with E-state index in [1.54, 1.807) is 6.07 Å². The fourth-order valence-electron chi connectivity index (χ4n) is 5.38. The lowest BCUT2D eigenvalue weighted by atomic mass is 9.83. The van der Waals surface area contributed by atoms with E-state index in [9.17, 15) is 27.2 Å². The summed E-state index contributed by atoms with van der Waals surface area (Å²) >= 11 is 1.40. The van der Waals surface area contributed by atoms with Crippen LogP contribution in [0, 0.1) is 44.5 Å². The van der Waals surface area contributed by atoms with Gasteiger partial charge in [0.2, 0.25) is 5.78 Å². The van der Waals surface area contributed by atoms with Gasteiger partial charge in [0.05, 0.1) is 35.3 Å². The van der Waals surface area contributed by atoms with Gasteiger partial charge in [-0.2, -0.15) is 0 Å². The minimum Gasteiger partial charge on any atom is -0.440 e. The van der Waals surface area contributed by atoms with Crippen molar-refractivity contribution in [1.29, 1.82) is 0 Å². The number of ketones is 1. The van der Waals surface area contributed by atoms with Gasteiger partial charge in [-0.1, -0.05) is 12.1 Å². The number of halogens is 4. The fraction of sp³-hybridized carbons (Fsp3) is 0.333. The van der Waals surface area contributed by atoms with Gasteiger partial charge in [0, 0.05) is 18.8 Å². The predicted molar refractivity (Wildman–Crippen MR) is 141 cm³/mol. The topological polar surface area (TPSA) is 113 Å². The van der Waals surface area contributed by atoms with Gasteiger partial charge in [-0.15, -0.1) is 11.3 Å². The molecule has 0 spiro atoms. The molecular formula is C27H25F4N3O6S. The van der Waals surface area contributed by atoms with E-state index in [0.29, 0.717) is 22.4 Å². The van der Waals surface area contributed by atoms with E-state index in [-0.39, 0.29) is 29.5 Å². The second kappa shape index (κ2) is 12.6. The number of rotatable bonds is 7. The minimum atomic E-state index is -1.75. The van der Waals surface area contributed by atoms with Gasteiger partial charge in [-0.25, -0.2) is 22.4 Å². The first-order chi connectivity index (χ1) is 19.5. The number of ether oxygens (including phenoxy) is 1. The number of piperidine rings is 3. The molecule has 2 aromatic carbocycles. The lowest BCUT2D eigenvalue weighted by Gasteiger charge is -2.51. The average Bonchev–Trinajstić information content (AvgIpc) is 3.46. The summed E-state index contributed by atoms with van der Waals surface area (Å²) in [4.78, 5) is 36.3. The van der Waals surface area contributed by atoms with Crippen molar-refractivity contribution in [2.75, 3.05) is 31.1 Å². The molecule has 4 heterocycles. The molecule has 0 N–H and O–H groups in total. The molecule has 3 aliphatic rings. The fourth-order valence-corrected chi connectivity index (χ4v) is 6.03. The number of hydrogen-bond acceptors (Lipinski definition) is 7. The lowest BCUT2D eigenvalue weighted by Crippen LogP contribution is -2.66. The second-order valence-corrected chi connectivity index (χ2v) is 10.9. The van der Waals surface area contributed by atoms with Gasteiger partial charge in [0.1, 0.15) is 18.9 Å². The Morgan fingerprint density at radius 3 is 2.27 bits per heavy atom. The largest absolute Gasteiger partial charge is 0.440 e. The molecule has 1 unspecified atom stereocenters. The number of hydrogen-bond donors (Lipinski definition) is 0. The first kappa shape index (κ1) is 29.9. The number of carbonyl (C=O) groups excluding carboxylic acids is 2. The Hall–Kier alpha value is -4.04. The van der Waals surface area contributed by atoms with Crippen LogP contribution in [0.15, 0.2) is 53.9 Å². The predicted octanol–water partition coefficient (Wildman–Crippen LogP) is 5.70. The smallest absolute Gasteiger partial charge is 0.415 e. The van der Waals surface area contributed by atoms with Crippen LogP contribution in [0.4, 0.5) is 28.0 Å². The molecule has 0 radical (unpaired) electrons. The molecule has 1 atom stereocenters. The summed E-state index contributed by atoms with van der Waals surface area (Å²) in [5, 5.41) is 16.6. The number of benzene rings is 2. The molecule has 1 aromatic heterocycles. The summed E-state index contributed by atoms with van der Waals surface area (Å²) in [6.45, 7) is 2.08. The first-order valence-corrected chi connectivity index (χ1v) is 13.4. The Kier molecular flexibility index (Phi) is 9.23. The summed E-state index contributed by atoms with van der Waals surface area (Å²) in [7, 11) is 0. The van der Waals surface area contributed by atoms with Crippen molar-refractivity contribution in [3.05, 3.63) is 103 Å². The molecule has 41 heavy (non-hydrogen) atoms. The van der Waals surface area contributed by atoms with E-state index in [0.717, 1.165) is 49.0 Å². The standard InChI is InChI=1S/C27H25F4N2O3S.NO3/c28-19-3-1-4-20(13-19)32(14-17-11-21(29)26(31)22(30)12-17)27(35)36-24-16-33(8-6-18(24)7-9-33)15-23(34)25-5-2-10-37-25;2-1(3)4/h1-5,10-13,18,24H,6-9,14-16H2;/q+1;-1. The maximum absolute atomic E-state index is 14.0. The zero-order valence-electron chi connectivity index (χ0n) is 21.5. The highest BCUT2D eigenvalue weighted by atomic mass is 32.1. The first-order valence-electron chi connectivity index (χ1n) is 12.6. The minimum absolute atomic E-state index is 0.0171. The molecule has 6 rings (SSSR count). The molecule has 14 heteroatoms. The quantitative estimate of drug-likeness (QED) is 0.0865. The Labute approximate surface area is 235 Å². The number of nitrogens with zero attached hydrogens (tertiary/aromatic N) is 3. The lowest BCUT2D eigenvalue weighted by molar-refractivity contribution is -0.938. The molecular weight excluding hydrogens is 570 g/mol.